The molecule has 0 aliphatic rings. The molecule has 0 aliphatic heterocycles. The minimum Gasteiger partial charge on any atom is -0.258 e. The zero-order valence-electron chi connectivity index (χ0n) is 10.1. The number of nitro groups is 1. The van der Waals surface area contributed by atoms with E-state index in [9.17, 15) is 10.1 Å². The van der Waals surface area contributed by atoms with Gasteiger partial charge < -0.3 is 0 Å². The zero-order valence-corrected chi connectivity index (χ0v) is 10.1. The number of benzene rings is 2. The van der Waals surface area contributed by atoms with Crippen molar-refractivity contribution in [3.63, 3.8) is 0 Å². The van der Waals surface area contributed by atoms with E-state index in [-0.39, 0.29) is 10.6 Å². The van der Waals surface area contributed by atoms with Crippen molar-refractivity contribution in [1.29, 1.82) is 0 Å². The van der Waals surface area contributed by atoms with Gasteiger partial charge in [0.15, 0.2) is 0 Å². The first-order valence-electron chi connectivity index (χ1n) is 6.03. The van der Waals surface area contributed by atoms with Gasteiger partial charge in [-0.05, 0) is 30.4 Å². The fraction of sp³-hybridized carbons (Fsp3) is 0.200. The molecule has 0 unspecified atom stereocenters. The van der Waals surface area contributed by atoms with Crippen molar-refractivity contribution in [1.82, 2.24) is 0 Å². The summed E-state index contributed by atoms with van der Waals surface area (Å²) in [5.74, 6) is 0. The SMILES string of the molecule is O=[N+]([O-])c1ccc(CCCc2ccccc2)cc1. The van der Waals surface area contributed by atoms with Crippen molar-refractivity contribution < 1.29 is 4.92 Å². The highest BCUT2D eigenvalue weighted by Gasteiger charge is 2.03. The van der Waals surface area contributed by atoms with Crippen molar-refractivity contribution in [2.45, 2.75) is 19.3 Å². The van der Waals surface area contributed by atoms with Crippen LogP contribution in [-0.2, 0) is 12.8 Å². The van der Waals surface area contributed by atoms with Gasteiger partial charge in [-0.1, -0.05) is 42.5 Å². The second-order valence-corrected chi connectivity index (χ2v) is 4.26. The molecule has 0 aromatic heterocycles. The Labute approximate surface area is 106 Å². The maximum atomic E-state index is 10.5. The molecule has 0 aliphatic carbocycles. The van der Waals surface area contributed by atoms with E-state index in [1.54, 1.807) is 12.1 Å². The van der Waals surface area contributed by atoms with Crippen LogP contribution in [0.2, 0.25) is 0 Å². The van der Waals surface area contributed by atoms with E-state index in [4.69, 9.17) is 0 Å². The molecule has 2 rings (SSSR count). The molecule has 0 saturated carbocycles. The van der Waals surface area contributed by atoms with E-state index in [2.05, 4.69) is 12.1 Å². The minimum absolute atomic E-state index is 0.154. The molecule has 2 aromatic carbocycles. The third kappa shape index (κ3) is 3.42. The molecule has 0 bridgehead atoms. The van der Waals surface area contributed by atoms with Crippen LogP contribution in [-0.4, -0.2) is 4.92 Å². The van der Waals surface area contributed by atoms with Crippen molar-refractivity contribution >= 4 is 5.69 Å². The first-order valence-corrected chi connectivity index (χ1v) is 6.03. The Morgan fingerprint density at radius 3 is 1.94 bits per heavy atom. The first-order chi connectivity index (χ1) is 8.75. The second kappa shape index (κ2) is 5.96. The lowest BCUT2D eigenvalue weighted by Gasteiger charge is -2.02. The van der Waals surface area contributed by atoms with Gasteiger partial charge in [0, 0.05) is 12.1 Å². The summed E-state index contributed by atoms with van der Waals surface area (Å²) < 4.78 is 0. The Morgan fingerprint density at radius 1 is 0.833 bits per heavy atom. The lowest BCUT2D eigenvalue weighted by Crippen LogP contribution is -1.91. The summed E-state index contributed by atoms with van der Waals surface area (Å²) in [6, 6.07) is 17.1. The molecule has 2 aromatic rings. The molecule has 0 N–H and O–H groups in total. The Hall–Kier alpha value is -2.16. The highest BCUT2D eigenvalue weighted by Crippen LogP contribution is 2.14. The summed E-state index contributed by atoms with van der Waals surface area (Å²) >= 11 is 0. The highest BCUT2D eigenvalue weighted by atomic mass is 16.6. The van der Waals surface area contributed by atoms with Gasteiger partial charge in [-0.2, -0.15) is 0 Å². The largest absolute Gasteiger partial charge is 0.269 e. The molecule has 0 amide bonds. The second-order valence-electron chi connectivity index (χ2n) is 4.26. The lowest BCUT2D eigenvalue weighted by molar-refractivity contribution is -0.384. The van der Waals surface area contributed by atoms with Gasteiger partial charge in [-0.3, -0.25) is 10.1 Å². The number of nitro benzene ring substituents is 1. The van der Waals surface area contributed by atoms with Gasteiger partial charge in [0.2, 0.25) is 0 Å². The van der Waals surface area contributed by atoms with Crippen LogP contribution in [0.5, 0.6) is 0 Å². The number of aryl methyl sites for hydroxylation is 2. The topological polar surface area (TPSA) is 43.1 Å². The quantitative estimate of drug-likeness (QED) is 0.590. The summed E-state index contributed by atoms with van der Waals surface area (Å²) in [6.45, 7) is 0. The number of nitrogens with zero attached hydrogens (tertiary/aromatic N) is 1. The fourth-order valence-electron chi connectivity index (χ4n) is 1.93. The maximum absolute atomic E-state index is 10.5. The Morgan fingerprint density at radius 2 is 1.39 bits per heavy atom. The van der Waals surface area contributed by atoms with Gasteiger partial charge in [-0.25, -0.2) is 0 Å². The Kier molecular flexibility index (Phi) is 4.07. The van der Waals surface area contributed by atoms with E-state index in [1.165, 1.54) is 5.56 Å². The van der Waals surface area contributed by atoms with Gasteiger partial charge in [0.05, 0.1) is 4.92 Å². The number of hydrogen-bond donors (Lipinski definition) is 0. The minimum atomic E-state index is -0.367. The zero-order chi connectivity index (χ0) is 12.8. The van der Waals surface area contributed by atoms with E-state index < -0.39 is 0 Å². The van der Waals surface area contributed by atoms with Crippen molar-refractivity contribution in [3.05, 3.63) is 75.8 Å². The molecule has 18 heavy (non-hydrogen) atoms. The Bertz CT molecular complexity index is 506. The third-order valence-corrected chi connectivity index (χ3v) is 2.92. The third-order valence-electron chi connectivity index (χ3n) is 2.92. The van der Waals surface area contributed by atoms with Crippen molar-refractivity contribution in [3.8, 4) is 0 Å². The molecule has 3 nitrogen and oxygen atoms in total. The molecule has 0 heterocycles. The van der Waals surface area contributed by atoms with E-state index in [0.29, 0.717) is 0 Å². The summed E-state index contributed by atoms with van der Waals surface area (Å²) in [6.07, 6.45) is 3.05. The van der Waals surface area contributed by atoms with Gasteiger partial charge in [0.25, 0.3) is 5.69 Å². The normalized spacial score (nSPS) is 10.2. The molecular weight excluding hydrogens is 226 g/mol. The van der Waals surface area contributed by atoms with Gasteiger partial charge >= 0.3 is 0 Å². The smallest absolute Gasteiger partial charge is 0.258 e. The standard InChI is InChI=1S/C15H15NO2/c17-16(18)15-11-9-14(10-12-15)8-4-7-13-5-2-1-3-6-13/h1-3,5-6,9-12H,4,7-8H2. The molecule has 0 spiro atoms. The van der Waals surface area contributed by atoms with Crippen molar-refractivity contribution in [2.24, 2.45) is 0 Å². The molecule has 92 valence electrons. The van der Waals surface area contributed by atoms with Crippen LogP contribution in [0.4, 0.5) is 5.69 Å². The van der Waals surface area contributed by atoms with Crippen LogP contribution in [0.1, 0.15) is 17.5 Å². The maximum Gasteiger partial charge on any atom is 0.269 e. The van der Waals surface area contributed by atoms with Crippen LogP contribution < -0.4 is 0 Å². The van der Waals surface area contributed by atoms with Crippen molar-refractivity contribution in [2.75, 3.05) is 0 Å². The molecular formula is C15H15NO2. The predicted molar refractivity (Wildman–Crippen MR) is 71.6 cm³/mol. The predicted octanol–water partition coefficient (Wildman–Crippen LogP) is 3.77. The lowest BCUT2D eigenvalue weighted by atomic mass is 10.0. The highest BCUT2D eigenvalue weighted by molar-refractivity contribution is 5.32. The average Bonchev–Trinajstić information content (AvgIpc) is 2.40. The first kappa shape index (κ1) is 12.3. The molecule has 0 saturated heterocycles. The fourth-order valence-corrected chi connectivity index (χ4v) is 1.93. The number of non-ortho nitro benzene ring substituents is 1. The Balaban J connectivity index is 1.85. The number of rotatable bonds is 5. The van der Waals surface area contributed by atoms with E-state index in [0.717, 1.165) is 24.8 Å². The number of hydrogen-bond acceptors (Lipinski definition) is 2. The van der Waals surface area contributed by atoms with Crippen LogP contribution in [0.3, 0.4) is 0 Å². The summed E-state index contributed by atoms with van der Waals surface area (Å²) in [4.78, 5) is 10.1. The van der Waals surface area contributed by atoms with E-state index >= 15 is 0 Å². The monoisotopic (exact) mass is 241 g/mol. The molecule has 3 heteroatoms. The molecule has 0 radical (unpaired) electrons. The summed E-state index contributed by atoms with van der Waals surface area (Å²) in [5.41, 5.74) is 2.64. The molecule has 0 atom stereocenters. The van der Waals surface area contributed by atoms with Crippen LogP contribution in [0.25, 0.3) is 0 Å². The summed E-state index contributed by atoms with van der Waals surface area (Å²) in [7, 11) is 0. The van der Waals surface area contributed by atoms with Gasteiger partial charge in [-0.15, -0.1) is 0 Å². The molecule has 0 fully saturated rings. The van der Waals surface area contributed by atoms with E-state index in [1.807, 2.05) is 30.3 Å². The van der Waals surface area contributed by atoms with Crippen LogP contribution in [0, 0.1) is 10.1 Å². The van der Waals surface area contributed by atoms with Gasteiger partial charge in [0.1, 0.15) is 0 Å². The van der Waals surface area contributed by atoms with Crippen LogP contribution in [0.15, 0.2) is 54.6 Å². The summed E-state index contributed by atoms with van der Waals surface area (Å²) in [5, 5.41) is 10.5. The average molecular weight is 241 g/mol. The van der Waals surface area contributed by atoms with Crippen LogP contribution >= 0.6 is 0 Å².